The summed E-state index contributed by atoms with van der Waals surface area (Å²) in [5, 5.41) is 3.36. The number of carbonyl (C=O) groups is 2. The van der Waals surface area contributed by atoms with E-state index in [0.717, 1.165) is 0 Å². The summed E-state index contributed by atoms with van der Waals surface area (Å²) in [5.74, 6) is -4.16. The fourth-order valence-corrected chi connectivity index (χ4v) is 4.80. The predicted molar refractivity (Wildman–Crippen MR) is 133 cm³/mol. The van der Waals surface area contributed by atoms with E-state index in [4.69, 9.17) is 21.0 Å². The van der Waals surface area contributed by atoms with Gasteiger partial charge in [0.25, 0.3) is 0 Å². The van der Waals surface area contributed by atoms with Crippen LogP contribution in [0, 0.1) is 6.92 Å². The molecule has 2 aromatic rings. The summed E-state index contributed by atoms with van der Waals surface area (Å²) < 4.78 is 71.4. The molecule has 0 radical (unpaired) electrons. The van der Waals surface area contributed by atoms with Gasteiger partial charge in [0.1, 0.15) is 18.4 Å². The molecule has 0 amide bonds. The summed E-state index contributed by atoms with van der Waals surface area (Å²) in [6.07, 6.45) is -5.36. The van der Waals surface area contributed by atoms with Crippen LogP contribution in [0.5, 0.6) is 5.75 Å². The first-order valence-electron chi connectivity index (χ1n) is 10.9. The van der Waals surface area contributed by atoms with Crippen molar-refractivity contribution in [1.82, 2.24) is 4.72 Å². The Bertz CT molecular complexity index is 1290. The first-order valence-corrected chi connectivity index (χ1v) is 13.2. The number of rotatable bonds is 12. The molecule has 0 bridgehead atoms. The Kier molecular flexibility index (Phi) is 11.4. The van der Waals surface area contributed by atoms with Crippen LogP contribution >= 0.6 is 15.9 Å². The van der Waals surface area contributed by atoms with Crippen molar-refractivity contribution in [2.75, 3.05) is 13.2 Å². The molecule has 0 aliphatic carbocycles. The van der Waals surface area contributed by atoms with Crippen molar-refractivity contribution in [3.8, 4) is 5.75 Å². The number of oxime groups is 1. The molecular formula is C22H24BrF3N4O8S. The average molecular weight is 641 g/mol. The van der Waals surface area contributed by atoms with E-state index in [9.17, 15) is 31.2 Å². The number of nitrogens with one attached hydrogen (secondary N) is 1. The predicted octanol–water partition coefficient (Wildman–Crippen LogP) is 2.18. The summed E-state index contributed by atoms with van der Waals surface area (Å²) in [6, 6.07) is 8.49. The number of guanidine groups is 1. The van der Waals surface area contributed by atoms with Gasteiger partial charge in [-0.2, -0.15) is 17.9 Å². The maximum atomic E-state index is 13.0. The average Bonchev–Trinajstić information content (AvgIpc) is 2.83. The summed E-state index contributed by atoms with van der Waals surface area (Å²) in [7, 11) is -4.37. The molecule has 12 nitrogen and oxygen atoms in total. The van der Waals surface area contributed by atoms with Crippen LogP contribution in [0.4, 0.5) is 13.2 Å². The maximum absolute atomic E-state index is 13.0. The van der Waals surface area contributed by atoms with E-state index in [1.54, 1.807) is 0 Å². The molecule has 39 heavy (non-hydrogen) atoms. The molecule has 0 fully saturated rings. The molecule has 0 heterocycles. The zero-order chi connectivity index (χ0) is 29.2. The van der Waals surface area contributed by atoms with E-state index in [1.807, 2.05) is 0 Å². The number of alkyl halides is 3. The van der Waals surface area contributed by atoms with Gasteiger partial charge < -0.3 is 21.0 Å². The van der Waals surface area contributed by atoms with Gasteiger partial charge in [-0.3, -0.25) is 0 Å². The molecule has 0 saturated heterocycles. The van der Waals surface area contributed by atoms with Crippen molar-refractivity contribution < 1.29 is 50.5 Å². The second-order valence-corrected chi connectivity index (χ2v) is 10.4. The van der Waals surface area contributed by atoms with Crippen LogP contribution in [-0.4, -0.2) is 51.7 Å². The maximum Gasteiger partial charge on any atom is 0.495 e. The van der Waals surface area contributed by atoms with Crippen LogP contribution in [-0.2, 0) is 40.6 Å². The Balaban J connectivity index is 2.14. The third-order valence-corrected chi connectivity index (χ3v) is 6.75. The Labute approximate surface area is 229 Å². The summed E-state index contributed by atoms with van der Waals surface area (Å²) in [4.78, 5) is 35.6. The highest BCUT2D eigenvalue weighted by Gasteiger charge is 2.43. The van der Waals surface area contributed by atoms with Gasteiger partial charge in [0.05, 0.1) is 11.5 Å². The molecule has 1 atom stereocenters. The first-order chi connectivity index (χ1) is 18.2. The lowest BCUT2D eigenvalue weighted by atomic mass is 10.1. The quantitative estimate of drug-likeness (QED) is 0.102. The summed E-state index contributed by atoms with van der Waals surface area (Å²) in [5.41, 5.74) is 10.9. The second-order valence-electron chi connectivity index (χ2n) is 7.75. The molecule has 2 rings (SSSR count). The second kappa shape index (κ2) is 14.0. The summed E-state index contributed by atoms with van der Waals surface area (Å²) >= 11 is 3.21. The van der Waals surface area contributed by atoms with Gasteiger partial charge in [0.2, 0.25) is 16.0 Å². The third-order valence-electron chi connectivity index (χ3n) is 4.62. The van der Waals surface area contributed by atoms with E-state index >= 15 is 0 Å². The lowest BCUT2D eigenvalue weighted by molar-refractivity contribution is -0.286. The van der Waals surface area contributed by atoms with Crippen LogP contribution in [0.1, 0.15) is 17.5 Å². The van der Waals surface area contributed by atoms with Crippen LogP contribution < -0.4 is 20.9 Å². The number of carbonyl (C=O) groups excluding carboxylic acids is 2. The van der Waals surface area contributed by atoms with Crippen molar-refractivity contribution in [3.05, 3.63) is 58.1 Å². The van der Waals surface area contributed by atoms with Crippen molar-refractivity contribution in [1.29, 1.82) is 0 Å². The molecule has 0 unspecified atom stereocenters. The molecule has 5 N–H and O–H groups in total. The minimum Gasteiger partial charge on any atom is -0.493 e. The van der Waals surface area contributed by atoms with E-state index in [1.165, 1.54) is 49.4 Å². The fourth-order valence-electron chi connectivity index (χ4n) is 2.91. The molecular weight excluding hydrogens is 617 g/mol. The Hall–Kier alpha value is -3.57. The number of nitrogens with zero attached hydrogens (tertiary/aromatic N) is 1. The number of halogens is 4. The van der Waals surface area contributed by atoms with Gasteiger partial charge in [0, 0.05) is 10.9 Å². The number of hydrogen-bond donors (Lipinski definition) is 3. The molecule has 0 aliphatic rings. The molecule has 2 aromatic carbocycles. The van der Waals surface area contributed by atoms with Crippen molar-refractivity contribution >= 4 is 43.9 Å². The van der Waals surface area contributed by atoms with Gasteiger partial charge >= 0.3 is 18.1 Å². The van der Waals surface area contributed by atoms with E-state index in [-0.39, 0.29) is 30.5 Å². The van der Waals surface area contributed by atoms with Gasteiger partial charge in [-0.15, -0.1) is 0 Å². The van der Waals surface area contributed by atoms with Crippen LogP contribution in [0.15, 0.2) is 57.0 Å². The number of nitrogens with two attached hydrogens (primary N) is 2. The minimum atomic E-state index is -5.43. The summed E-state index contributed by atoms with van der Waals surface area (Å²) in [6.45, 7) is 1.94. The highest BCUT2D eigenvalue weighted by atomic mass is 79.9. The smallest absolute Gasteiger partial charge is 0.493 e. The highest BCUT2D eigenvalue weighted by molar-refractivity contribution is 9.10. The molecule has 0 spiro atoms. The minimum absolute atomic E-state index is 0.191. The largest absolute Gasteiger partial charge is 0.495 e. The lowest BCUT2D eigenvalue weighted by Gasteiger charge is -2.18. The third kappa shape index (κ3) is 10.6. The Morgan fingerprint density at radius 3 is 2.33 bits per heavy atom. The van der Waals surface area contributed by atoms with Gasteiger partial charge in [-0.1, -0.05) is 28.1 Å². The lowest BCUT2D eigenvalue weighted by Crippen LogP contribution is -2.44. The molecule has 214 valence electrons. The number of aryl methyl sites for hydroxylation is 1. The number of sulfonamides is 1. The standard InChI is InChI=1S/C22H24BrF3N4O8S/c1-13-11-15(23)5-8-18(13)39(33,34)30-17(19(31)37-38-20(32)22(24,25)26)12-14-3-6-16(7-4-14)35-9-2-10-36-29-21(27)28/h3-8,11,17,30H,2,9-10,12H2,1H3,(H4,27,28,29)/t17-/m0/s1. The van der Waals surface area contributed by atoms with Crippen molar-refractivity contribution in [3.63, 3.8) is 0 Å². The molecule has 0 aromatic heterocycles. The topological polar surface area (TPSA) is 182 Å². The molecule has 0 aliphatic heterocycles. The first kappa shape index (κ1) is 31.6. The highest BCUT2D eigenvalue weighted by Crippen LogP contribution is 2.22. The zero-order valence-corrected chi connectivity index (χ0v) is 22.6. The normalized spacial score (nSPS) is 12.2. The number of benzene rings is 2. The van der Waals surface area contributed by atoms with Gasteiger partial charge in [-0.25, -0.2) is 27.8 Å². The van der Waals surface area contributed by atoms with Gasteiger partial charge in [-0.05, 0) is 60.0 Å². The Morgan fingerprint density at radius 2 is 1.74 bits per heavy atom. The molecule has 17 heteroatoms. The van der Waals surface area contributed by atoms with E-state index in [0.29, 0.717) is 27.8 Å². The molecule has 0 saturated carbocycles. The fraction of sp³-hybridized carbons (Fsp3) is 0.318. The zero-order valence-electron chi connectivity index (χ0n) is 20.2. The van der Waals surface area contributed by atoms with E-state index < -0.39 is 34.2 Å². The Morgan fingerprint density at radius 1 is 1.08 bits per heavy atom. The van der Waals surface area contributed by atoms with Crippen molar-refractivity contribution in [2.45, 2.75) is 36.9 Å². The monoisotopic (exact) mass is 640 g/mol. The number of hydrogen-bond acceptors (Lipinski definition) is 9. The SMILES string of the molecule is Cc1cc(Br)ccc1S(=O)(=O)N[C@@H](Cc1ccc(OCCCON=C(N)N)cc1)C(=O)OOC(=O)C(F)(F)F. The van der Waals surface area contributed by atoms with Crippen LogP contribution in [0.3, 0.4) is 0 Å². The van der Waals surface area contributed by atoms with Crippen LogP contribution in [0.2, 0.25) is 0 Å². The van der Waals surface area contributed by atoms with Crippen molar-refractivity contribution in [2.24, 2.45) is 16.6 Å². The number of ether oxygens (including phenoxy) is 1. The van der Waals surface area contributed by atoms with Gasteiger partial charge in [0.15, 0.2) is 0 Å². The van der Waals surface area contributed by atoms with E-state index in [2.05, 4.69) is 35.6 Å². The van der Waals surface area contributed by atoms with Crippen LogP contribution in [0.25, 0.3) is 0 Å².